The van der Waals surface area contributed by atoms with Gasteiger partial charge in [-0.3, -0.25) is 12.2 Å². The molecule has 0 atom stereocenters. The minimum absolute atomic E-state index is 0. The minimum Gasteiger partial charge on any atom is -0.275 e. The van der Waals surface area contributed by atoms with Crippen LogP contribution in [0.5, 0.6) is 0 Å². The van der Waals surface area contributed by atoms with Crippen LogP contribution in [-0.4, -0.2) is 0 Å². The maximum atomic E-state index is 3.18. The molecule has 0 aromatic rings. The van der Waals surface area contributed by atoms with Gasteiger partial charge >= 0.3 is 16.5 Å². The molecule has 17 heavy (non-hydrogen) atoms. The molecule has 0 radical (unpaired) electrons. The normalized spacial score (nSPS) is 22.6. The molecule has 0 saturated carbocycles. The molecule has 0 fully saturated rings. The molecule has 0 unspecified atom stereocenters. The van der Waals surface area contributed by atoms with E-state index in [0.29, 0.717) is 0 Å². The quantitative estimate of drug-likeness (QED) is 0.432. The van der Waals surface area contributed by atoms with Gasteiger partial charge in [-0.1, -0.05) is 38.5 Å². The summed E-state index contributed by atoms with van der Waals surface area (Å²) in [5, 5.41) is 0. The van der Waals surface area contributed by atoms with E-state index in [1.165, 1.54) is 38.5 Å². The summed E-state index contributed by atoms with van der Waals surface area (Å²) < 4.78 is 0. The van der Waals surface area contributed by atoms with Crippen molar-refractivity contribution in [2.45, 2.75) is 51.4 Å². The van der Waals surface area contributed by atoms with E-state index >= 15 is 0 Å². The van der Waals surface area contributed by atoms with Crippen LogP contribution in [0.4, 0.5) is 0 Å². The van der Waals surface area contributed by atoms with E-state index in [2.05, 4.69) is 36.5 Å². The third kappa shape index (κ3) is 11.7. The molecule has 0 bridgehead atoms. The second kappa shape index (κ2) is 13.5. The van der Waals surface area contributed by atoms with Crippen LogP contribution in [0.15, 0.2) is 36.5 Å². The summed E-state index contributed by atoms with van der Waals surface area (Å²) in [4.78, 5) is 0. The van der Waals surface area contributed by atoms with Crippen molar-refractivity contribution in [1.82, 2.24) is 0 Å². The summed E-state index contributed by atoms with van der Waals surface area (Å²) in [7, 11) is 0. The van der Waals surface area contributed by atoms with E-state index in [4.69, 9.17) is 0 Å². The minimum atomic E-state index is 0. The SMILES string of the molecule is [C-]1=C/C=C\CCCC1.[C-]1=C/C=C\CCCC1.[Ni+2]. The van der Waals surface area contributed by atoms with Crippen LogP contribution in [-0.2, 0) is 16.5 Å². The molecule has 0 aliphatic heterocycles. The van der Waals surface area contributed by atoms with Crippen molar-refractivity contribution in [3.8, 4) is 0 Å². The van der Waals surface area contributed by atoms with Crippen LogP contribution in [0.3, 0.4) is 0 Å². The Kier molecular flexibility index (Phi) is 13.1. The third-order valence-electron chi connectivity index (χ3n) is 2.58. The first-order chi connectivity index (χ1) is 8.00. The van der Waals surface area contributed by atoms with Crippen molar-refractivity contribution in [3.63, 3.8) is 0 Å². The molecule has 0 heterocycles. The van der Waals surface area contributed by atoms with Gasteiger partial charge in [-0.15, -0.1) is 12.8 Å². The van der Waals surface area contributed by atoms with Crippen molar-refractivity contribution in [2.24, 2.45) is 0 Å². The van der Waals surface area contributed by atoms with Crippen molar-refractivity contribution < 1.29 is 16.5 Å². The van der Waals surface area contributed by atoms with Crippen LogP contribution < -0.4 is 0 Å². The fraction of sp³-hybridized carbons (Fsp3) is 0.500. The molecular formula is C16H22Ni. The Hall–Kier alpha value is -0.546. The van der Waals surface area contributed by atoms with Gasteiger partial charge in [0.05, 0.1) is 0 Å². The summed E-state index contributed by atoms with van der Waals surface area (Å²) in [6, 6.07) is 0. The van der Waals surface area contributed by atoms with Gasteiger partial charge in [-0.25, -0.2) is 24.3 Å². The van der Waals surface area contributed by atoms with Gasteiger partial charge in [-0.2, -0.15) is 12.2 Å². The third-order valence-corrected chi connectivity index (χ3v) is 2.58. The number of allylic oxidation sites excluding steroid dienone is 8. The maximum Gasteiger partial charge on any atom is 2.00 e. The Morgan fingerprint density at radius 1 is 0.647 bits per heavy atom. The molecule has 2 rings (SSSR count). The molecule has 2 aliphatic carbocycles. The van der Waals surface area contributed by atoms with E-state index in [-0.39, 0.29) is 16.5 Å². The summed E-state index contributed by atoms with van der Waals surface area (Å²) in [6.07, 6.45) is 29.0. The summed E-state index contributed by atoms with van der Waals surface area (Å²) in [6.45, 7) is 0. The zero-order valence-electron chi connectivity index (χ0n) is 10.4. The maximum absolute atomic E-state index is 3.18. The zero-order chi connectivity index (χ0) is 11.3. The number of hydrogen-bond acceptors (Lipinski definition) is 0. The standard InChI is InChI=1S/2C8H11.Ni/c2*1-2-4-6-8-7-5-3-1;/h2*1-3H,4,6-8H2;/q2*-1;+2/b2*2-1-;. The fourth-order valence-electron chi connectivity index (χ4n) is 1.61. The Labute approximate surface area is 116 Å². The summed E-state index contributed by atoms with van der Waals surface area (Å²) in [5.74, 6) is 0. The van der Waals surface area contributed by atoms with E-state index in [1.54, 1.807) is 0 Å². The molecule has 96 valence electrons. The van der Waals surface area contributed by atoms with Gasteiger partial charge in [0.25, 0.3) is 0 Å². The summed E-state index contributed by atoms with van der Waals surface area (Å²) in [5.41, 5.74) is 0. The first kappa shape index (κ1) is 16.5. The predicted octanol–water partition coefficient (Wildman–Crippen LogP) is 4.95. The van der Waals surface area contributed by atoms with Crippen molar-refractivity contribution in [1.29, 1.82) is 0 Å². The predicted molar refractivity (Wildman–Crippen MR) is 70.8 cm³/mol. The van der Waals surface area contributed by atoms with Crippen LogP contribution in [0.2, 0.25) is 0 Å². The van der Waals surface area contributed by atoms with Gasteiger partial charge in [0, 0.05) is 0 Å². The molecule has 0 nitrogen and oxygen atoms in total. The Morgan fingerprint density at radius 2 is 1.12 bits per heavy atom. The number of rotatable bonds is 0. The monoisotopic (exact) mass is 272 g/mol. The molecule has 1 heteroatoms. The smallest absolute Gasteiger partial charge is 0.275 e. The molecule has 0 spiro atoms. The van der Waals surface area contributed by atoms with Gasteiger partial charge in [0.1, 0.15) is 0 Å². The second-order valence-electron chi connectivity index (χ2n) is 4.09. The number of hydrogen-bond donors (Lipinski definition) is 0. The van der Waals surface area contributed by atoms with Gasteiger partial charge in [0.2, 0.25) is 0 Å². The fourth-order valence-corrected chi connectivity index (χ4v) is 1.61. The van der Waals surface area contributed by atoms with E-state index in [9.17, 15) is 0 Å². The van der Waals surface area contributed by atoms with E-state index in [0.717, 1.165) is 12.8 Å². The molecule has 0 saturated heterocycles. The molecule has 0 aromatic carbocycles. The largest absolute Gasteiger partial charge is 2.00 e. The van der Waals surface area contributed by atoms with Crippen LogP contribution in [0.1, 0.15) is 51.4 Å². The Morgan fingerprint density at radius 3 is 1.59 bits per heavy atom. The van der Waals surface area contributed by atoms with Crippen molar-refractivity contribution >= 4 is 0 Å². The average Bonchev–Trinajstić information content (AvgIpc) is 2.15. The Balaban J connectivity index is 0.000000284. The van der Waals surface area contributed by atoms with Gasteiger partial charge < -0.3 is 0 Å². The first-order valence-electron chi connectivity index (χ1n) is 6.43. The first-order valence-corrected chi connectivity index (χ1v) is 6.43. The molecule has 0 N–H and O–H groups in total. The van der Waals surface area contributed by atoms with E-state index < -0.39 is 0 Å². The second-order valence-corrected chi connectivity index (χ2v) is 4.09. The molecular weight excluding hydrogens is 251 g/mol. The topological polar surface area (TPSA) is 0 Å². The van der Waals surface area contributed by atoms with Gasteiger partial charge in [-0.05, 0) is 0 Å². The van der Waals surface area contributed by atoms with E-state index in [1.807, 2.05) is 12.2 Å². The van der Waals surface area contributed by atoms with Gasteiger partial charge in [0.15, 0.2) is 0 Å². The molecule has 0 aromatic heterocycles. The molecule has 2 aliphatic rings. The Bertz CT molecular complexity index is 203. The van der Waals surface area contributed by atoms with Crippen LogP contribution in [0, 0.1) is 12.2 Å². The average molecular weight is 273 g/mol. The van der Waals surface area contributed by atoms with Crippen molar-refractivity contribution in [3.05, 3.63) is 48.6 Å². The molecule has 0 amide bonds. The summed E-state index contributed by atoms with van der Waals surface area (Å²) >= 11 is 0. The van der Waals surface area contributed by atoms with Crippen molar-refractivity contribution in [2.75, 3.05) is 0 Å². The van der Waals surface area contributed by atoms with Crippen LogP contribution >= 0.6 is 0 Å². The zero-order valence-corrected chi connectivity index (χ0v) is 11.4. The van der Waals surface area contributed by atoms with Crippen LogP contribution in [0.25, 0.3) is 0 Å².